The number of carbonyl (C=O) groups excluding carboxylic acids is 2. The summed E-state index contributed by atoms with van der Waals surface area (Å²) in [6, 6.07) is 15.6. The van der Waals surface area contributed by atoms with Crippen molar-refractivity contribution in [3.8, 4) is 0 Å². The average Bonchev–Trinajstić information content (AvgIpc) is 3.31. The van der Waals surface area contributed by atoms with E-state index < -0.39 is 12.2 Å². The SMILES string of the molecule is CCN1C(=O)C2C(N=C3N(c4cc(C)ccc4C)C(c4ccccc4)=CN32)N(C)C1=O. The van der Waals surface area contributed by atoms with Crippen molar-refractivity contribution in [1.29, 1.82) is 0 Å². The van der Waals surface area contributed by atoms with Crippen molar-refractivity contribution in [2.24, 2.45) is 4.99 Å². The molecule has 2 unspecified atom stereocenters. The van der Waals surface area contributed by atoms with Crippen molar-refractivity contribution in [3.63, 3.8) is 0 Å². The molecule has 2 aromatic rings. The van der Waals surface area contributed by atoms with Crippen molar-refractivity contribution in [2.45, 2.75) is 33.0 Å². The van der Waals surface area contributed by atoms with E-state index in [-0.39, 0.29) is 11.9 Å². The highest BCUT2D eigenvalue weighted by Crippen LogP contribution is 2.41. The van der Waals surface area contributed by atoms with E-state index in [1.807, 2.05) is 36.2 Å². The van der Waals surface area contributed by atoms with Crippen LogP contribution in [0.5, 0.6) is 0 Å². The summed E-state index contributed by atoms with van der Waals surface area (Å²) in [6.45, 7) is 6.29. The summed E-state index contributed by atoms with van der Waals surface area (Å²) in [4.78, 5) is 37.8. The van der Waals surface area contributed by atoms with Crippen LogP contribution in [0.3, 0.4) is 0 Å². The highest BCUT2D eigenvalue weighted by atomic mass is 16.2. The monoisotopic (exact) mass is 415 g/mol. The summed E-state index contributed by atoms with van der Waals surface area (Å²) < 4.78 is 0. The van der Waals surface area contributed by atoms with Gasteiger partial charge in [0.2, 0.25) is 5.96 Å². The van der Waals surface area contributed by atoms with Gasteiger partial charge in [-0.3, -0.25) is 19.5 Å². The number of benzene rings is 2. The number of aryl methyl sites for hydroxylation is 2. The maximum atomic E-state index is 13.3. The standard InChI is InChI=1S/C24H25N5O2/c1-5-27-22(30)20-21(26(4)24(27)31)25-23-28(20)14-19(17-9-7-6-8-10-17)29(23)18-13-15(2)11-12-16(18)3/h6-14,20-21H,5H2,1-4H3. The van der Waals surface area contributed by atoms with Crippen molar-refractivity contribution in [3.05, 3.63) is 71.4 Å². The van der Waals surface area contributed by atoms with Gasteiger partial charge in [-0.05, 0) is 38.0 Å². The van der Waals surface area contributed by atoms with Gasteiger partial charge in [-0.15, -0.1) is 0 Å². The molecule has 2 atom stereocenters. The van der Waals surface area contributed by atoms with Gasteiger partial charge in [0.15, 0.2) is 12.2 Å². The fourth-order valence-electron chi connectivity index (χ4n) is 4.54. The van der Waals surface area contributed by atoms with Gasteiger partial charge in [-0.2, -0.15) is 0 Å². The smallest absolute Gasteiger partial charge is 0.302 e. The Balaban J connectivity index is 1.67. The molecule has 3 aliphatic heterocycles. The summed E-state index contributed by atoms with van der Waals surface area (Å²) in [5, 5.41) is 0. The number of carbonyl (C=O) groups is 2. The summed E-state index contributed by atoms with van der Waals surface area (Å²) in [5.41, 5.74) is 5.27. The van der Waals surface area contributed by atoms with Gasteiger partial charge in [0, 0.05) is 25.4 Å². The predicted octanol–water partition coefficient (Wildman–Crippen LogP) is 3.40. The molecule has 158 valence electrons. The minimum atomic E-state index is -0.563. The van der Waals surface area contributed by atoms with Crippen LogP contribution in [0, 0.1) is 13.8 Å². The third kappa shape index (κ3) is 2.76. The molecule has 1 fully saturated rings. The van der Waals surface area contributed by atoms with Crippen LogP contribution in [0.1, 0.15) is 23.6 Å². The van der Waals surface area contributed by atoms with E-state index in [4.69, 9.17) is 4.99 Å². The summed E-state index contributed by atoms with van der Waals surface area (Å²) in [6.07, 6.45) is 1.45. The zero-order valence-electron chi connectivity index (χ0n) is 18.1. The topological polar surface area (TPSA) is 59.5 Å². The molecular weight excluding hydrogens is 390 g/mol. The summed E-state index contributed by atoms with van der Waals surface area (Å²) in [7, 11) is 1.71. The van der Waals surface area contributed by atoms with Crippen LogP contribution < -0.4 is 4.90 Å². The Kier molecular flexibility index (Phi) is 4.36. The van der Waals surface area contributed by atoms with Crippen LogP contribution in [0.15, 0.2) is 59.7 Å². The molecule has 2 aromatic carbocycles. The number of rotatable bonds is 3. The number of guanidine groups is 1. The molecule has 31 heavy (non-hydrogen) atoms. The van der Waals surface area contributed by atoms with Gasteiger partial charge in [-0.1, -0.05) is 42.5 Å². The molecule has 0 bridgehead atoms. The molecule has 1 saturated heterocycles. The first kappa shape index (κ1) is 19.4. The van der Waals surface area contributed by atoms with Crippen molar-refractivity contribution in [1.82, 2.24) is 14.7 Å². The second-order valence-electron chi connectivity index (χ2n) is 8.18. The largest absolute Gasteiger partial charge is 0.328 e. The van der Waals surface area contributed by atoms with E-state index in [1.54, 1.807) is 11.9 Å². The molecule has 0 radical (unpaired) electrons. The molecule has 0 spiro atoms. The zero-order valence-corrected chi connectivity index (χ0v) is 18.1. The van der Waals surface area contributed by atoms with Gasteiger partial charge in [0.1, 0.15) is 0 Å². The maximum Gasteiger partial charge on any atom is 0.328 e. The van der Waals surface area contributed by atoms with Gasteiger partial charge < -0.3 is 4.90 Å². The summed E-state index contributed by atoms with van der Waals surface area (Å²) in [5.74, 6) is 0.467. The Morgan fingerprint density at radius 1 is 1.03 bits per heavy atom. The Hall–Kier alpha value is -3.61. The van der Waals surface area contributed by atoms with E-state index in [0.717, 1.165) is 28.1 Å². The Bertz CT molecular complexity index is 1140. The van der Waals surface area contributed by atoms with Crippen molar-refractivity contribution in [2.75, 3.05) is 18.5 Å². The molecule has 0 saturated carbocycles. The third-order valence-corrected chi connectivity index (χ3v) is 6.20. The van der Waals surface area contributed by atoms with E-state index >= 15 is 0 Å². The number of hydrogen-bond acceptors (Lipinski definition) is 5. The molecule has 7 nitrogen and oxygen atoms in total. The Morgan fingerprint density at radius 2 is 1.77 bits per heavy atom. The van der Waals surface area contributed by atoms with Crippen LogP contribution in [0.2, 0.25) is 0 Å². The molecule has 0 aromatic heterocycles. The molecule has 0 N–H and O–H groups in total. The highest BCUT2D eigenvalue weighted by molar-refractivity contribution is 6.16. The number of urea groups is 1. The fraction of sp³-hybridized carbons (Fsp3) is 0.292. The minimum absolute atomic E-state index is 0.208. The number of imide groups is 1. The number of amides is 3. The average molecular weight is 415 g/mol. The Morgan fingerprint density at radius 3 is 2.48 bits per heavy atom. The second-order valence-corrected chi connectivity index (χ2v) is 8.18. The second kappa shape index (κ2) is 6.97. The first-order valence-corrected chi connectivity index (χ1v) is 10.5. The molecular formula is C24H25N5O2. The molecule has 0 aliphatic carbocycles. The van der Waals surface area contributed by atoms with Gasteiger partial charge in [-0.25, -0.2) is 9.79 Å². The van der Waals surface area contributed by atoms with Gasteiger partial charge >= 0.3 is 6.03 Å². The Labute approximate surface area is 181 Å². The van der Waals surface area contributed by atoms with Crippen LogP contribution >= 0.6 is 0 Å². The van der Waals surface area contributed by atoms with Gasteiger partial charge in [0.25, 0.3) is 5.91 Å². The van der Waals surface area contributed by atoms with Crippen LogP contribution in [-0.4, -0.2) is 58.4 Å². The lowest BCUT2D eigenvalue weighted by Crippen LogP contribution is -2.64. The molecule has 5 rings (SSSR count). The van der Waals surface area contributed by atoms with E-state index in [2.05, 4.69) is 49.1 Å². The maximum absolute atomic E-state index is 13.3. The normalized spacial score (nSPS) is 22.6. The number of fused-ring (bicyclic) bond motifs is 3. The van der Waals surface area contributed by atoms with E-state index in [9.17, 15) is 9.59 Å². The van der Waals surface area contributed by atoms with Crippen LogP contribution in [-0.2, 0) is 4.79 Å². The zero-order chi connectivity index (χ0) is 21.9. The molecule has 3 aliphatic rings. The van der Waals surface area contributed by atoms with E-state index in [0.29, 0.717) is 12.5 Å². The number of hydrogen-bond donors (Lipinski definition) is 0. The van der Waals surface area contributed by atoms with Crippen LogP contribution in [0.4, 0.5) is 10.5 Å². The van der Waals surface area contributed by atoms with Crippen LogP contribution in [0.25, 0.3) is 5.70 Å². The van der Waals surface area contributed by atoms with E-state index in [1.165, 1.54) is 4.90 Å². The fourth-order valence-corrected chi connectivity index (χ4v) is 4.54. The van der Waals surface area contributed by atoms with Gasteiger partial charge in [0.05, 0.1) is 11.4 Å². The molecule has 7 heteroatoms. The van der Waals surface area contributed by atoms with Crippen molar-refractivity contribution >= 4 is 29.3 Å². The molecule has 3 heterocycles. The predicted molar refractivity (Wildman–Crippen MR) is 120 cm³/mol. The quantitative estimate of drug-likeness (QED) is 0.771. The first-order chi connectivity index (χ1) is 14.9. The van der Waals surface area contributed by atoms with Crippen molar-refractivity contribution < 1.29 is 9.59 Å². The third-order valence-electron chi connectivity index (χ3n) is 6.20. The first-order valence-electron chi connectivity index (χ1n) is 10.5. The lowest BCUT2D eigenvalue weighted by Gasteiger charge is -2.39. The lowest BCUT2D eigenvalue weighted by atomic mass is 10.1. The number of anilines is 1. The summed E-state index contributed by atoms with van der Waals surface area (Å²) >= 11 is 0. The highest BCUT2D eigenvalue weighted by Gasteiger charge is 2.54. The number of likely N-dealkylation sites (N-methyl/N-ethyl adjacent to an activating group) is 2. The number of aliphatic imine (C=N–C) groups is 1. The number of nitrogens with zero attached hydrogens (tertiary/aromatic N) is 5. The molecule has 3 amide bonds. The minimum Gasteiger partial charge on any atom is -0.302 e. The lowest BCUT2D eigenvalue weighted by molar-refractivity contribution is -0.136.